The van der Waals surface area contributed by atoms with Crippen molar-refractivity contribution in [2.24, 2.45) is 11.7 Å². The summed E-state index contributed by atoms with van der Waals surface area (Å²) in [6, 6.07) is 32.5. The van der Waals surface area contributed by atoms with Crippen molar-refractivity contribution in [1.29, 1.82) is 0 Å². The van der Waals surface area contributed by atoms with E-state index in [1.54, 1.807) is 102 Å². The number of urea groups is 1. The summed E-state index contributed by atoms with van der Waals surface area (Å²) < 4.78 is 23.9. The molecule has 7 atom stereocenters. The van der Waals surface area contributed by atoms with Crippen molar-refractivity contribution in [2.75, 3.05) is 121 Å². The lowest BCUT2D eigenvalue weighted by Gasteiger charge is -2.31. The fourth-order valence-corrected chi connectivity index (χ4v) is 18.6. The van der Waals surface area contributed by atoms with Gasteiger partial charge in [-0.1, -0.05) is 69.5 Å². The molecule has 9 N–H and O–H groups in total. The molecule has 2 aromatic heterocycles. The van der Waals surface area contributed by atoms with Crippen molar-refractivity contribution in [3.8, 4) is 11.5 Å². The van der Waals surface area contributed by atoms with E-state index in [1.807, 2.05) is 92.8 Å². The molecule has 1 unspecified atom stereocenters. The van der Waals surface area contributed by atoms with Crippen LogP contribution in [-0.2, 0) is 37.2 Å². The SMILES string of the molecule is CC(C)[C@@H](NCCNC(=O)c1ccc2nc3c(nc2c1)CS[C@@H]1CCCCCC(C1)SC3)C(=O)N[C@H](CCCNC(N)=O)C(=O)Nc1ccc(COC(=O)N(C)C[C@@H]2C[C@@H](N3CCOCC3)CN2C(=O)Oc2cc3c(c4ccccc24)[C@H](CCl)CN3C(=O)c2cc3cc(NC(=O)c4ccc(OCCN(C)C)cc4)ccc3[nH]2)cc1. The van der Waals surface area contributed by atoms with Crippen molar-refractivity contribution in [3.05, 3.63) is 161 Å². The summed E-state index contributed by atoms with van der Waals surface area (Å²) in [6.07, 6.45) is 7.29. The lowest BCUT2D eigenvalue weighted by atomic mass is 9.95. The zero-order valence-corrected chi connectivity index (χ0v) is 67.5. The van der Waals surface area contributed by atoms with Crippen molar-refractivity contribution in [3.63, 3.8) is 0 Å². The van der Waals surface area contributed by atoms with Gasteiger partial charge in [0, 0.05) is 151 Å². The Hall–Kier alpha value is -9.75. The molecule has 6 aromatic carbocycles. The number of rotatable bonds is 28. The number of fused-ring (bicyclic) bond motifs is 8. The molecule has 604 valence electrons. The molecule has 13 rings (SSSR count). The monoisotopic (exact) mass is 1610 g/mol. The number of aromatic nitrogens is 3. The first-order valence-corrected chi connectivity index (χ1v) is 42.0. The summed E-state index contributed by atoms with van der Waals surface area (Å²) in [5, 5.41) is 21.0. The Balaban J connectivity index is 0.613. The number of amides is 9. The van der Waals surface area contributed by atoms with Crippen molar-refractivity contribution in [2.45, 2.75) is 130 Å². The quantitative estimate of drug-likeness (QED) is 0.0167. The van der Waals surface area contributed by atoms with E-state index >= 15 is 0 Å². The van der Waals surface area contributed by atoms with Gasteiger partial charge in [0.2, 0.25) is 11.8 Å². The number of hydrogen-bond acceptors (Lipinski definition) is 19. The molecular formula is C84H102ClN15O12S2. The number of hydrogen-bond donors (Lipinski definition) is 8. The number of morpholine rings is 1. The fourth-order valence-electron chi connectivity index (χ4n) is 15.6. The predicted molar refractivity (Wildman–Crippen MR) is 446 cm³/mol. The van der Waals surface area contributed by atoms with Crippen LogP contribution < -0.4 is 52.0 Å². The topological polar surface area (TPSA) is 329 Å². The third-order valence-electron chi connectivity index (χ3n) is 21.8. The smallest absolute Gasteiger partial charge is 0.415 e. The van der Waals surface area contributed by atoms with Crippen LogP contribution >= 0.6 is 35.1 Å². The number of nitrogens with one attached hydrogen (secondary N) is 7. The average Bonchev–Trinajstić information content (AvgIpc) is 1.58. The van der Waals surface area contributed by atoms with Gasteiger partial charge in [0.15, 0.2) is 0 Å². The molecule has 1 aliphatic carbocycles. The van der Waals surface area contributed by atoms with Gasteiger partial charge >= 0.3 is 18.2 Å². The van der Waals surface area contributed by atoms with Gasteiger partial charge < -0.3 is 81.2 Å². The van der Waals surface area contributed by atoms with E-state index in [1.165, 1.54) is 43.4 Å². The predicted octanol–water partition coefficient (Wildman–Crippen LogP) is 11.5. The molecule has 2 bridgehead atoms. The maximum Gasteiger partial charge on any atom is 0.415 e. The fraction of sp³-hybridized carbons (Fsp3) is 0.452. The van der Waals surface area contributed by atoms with Crippen LogP contribution in [0.3, 0.4) is 0 Å². The first kappa shape index (κ1) is 82.2. The highest BCUT2D eigenvalue weighted by Gasteiger charge is 2.42. The third-order valence-corrected chi connectivity index (χ3v) is 24.8. The molecule has 5 aliphatic rings. The standard InChI is InChI=1S/C84H102ClN15O12S2/c1-51(2)76(87-30-31-88-77(101)54-21-27-67-69(39-54)94-72-50-114-63-13-8-6-7-12-62(42-63)113-49-71(72)93-67)80(104)95-68(16-11-29-89-82(86)106)79(103)90-57-22-17-52(18-23-57)48-111-83(107)97(5)46-60-41-59(98-33-35-109-36-34-98)47-99(60)84(108)112-74-43-73-75(65-15-10-9-14-64(65)74)56(44-85)45-100(73)81(105)70-40-55-38-58(24-28-66(55)92-70)91-78(102)53-19-25-61(26-20-53)110-37-32-96(3)4/h9-10,14-15,17-28,38-40,43,51,56,59-60,62-63,68,76,87,92H,6-8,11-13,16,29-37,41-42,44-50H2,1-5H3,(H,88,101)(H,90,103)(H,91,102)(H,95,104)(H3,86,89,106)/t56-,59-,60+,62?,63-,68-,76-/m1/s1. The maximum absolute atomic E-state index is 15.0. The number of H-pyrrole nitrogens is 1. The number of nitrogens with zero attached hydrogens (tertiary/aromatic N) is 7. The number of ether oxygens (including phenoxy) is 4. The highest BCUT2D eigenvalue weighted by molar-refractivity contribution is 8.00. The Kier molecular flexibility index (Phi) is 27.8. The number of aromatic amines is 1. The number of likely N-dealkylation sites (tertiary alicyclic amines) is 1. The Morgan fingerprint density at radius 1 is 0.737 bits per heavy atom. The van der Waals surface area contributed by atoms with E-state index in [-0.39, 0.29) is 93.0 Å². The van der Waals surface area contributed by atoms with Crippen LogP contribution in [0.5, 0.6) is 11.5 Å². The molecule has 8 aromatic rings. The molecule has 27 nitrogen and oxygen atoms in total. The number of thioether (sulfide) groups is 2. The molecule has 6 heterocycles. The van der Waals surface area contributed by atoms with Crippen LogP contribution in [0.4, 0.5) is 31.4 Å². The zero-order chi connectivity index (χ0) is 79.9. The van der Waals surface area contributed by atoms with E-state index in [0.29, 0.717) is 130 Å². The van der Waals surface area contributed by atoms with Crippen LogP contribution in [0, 0.1) is 5.92 Å². The molecule has 4 aliphatic heterocycles. The van der Waals surface area contributed by atoms with E-state index in [2.05, 4.69) is 41.8 Å². The molecule has 0 radical (unpaired) electrons. The van der Waals surface area contributed by atoms with Crippen LogP contribution in [0.2, 0.25) is 0 Å². The first-order valence-electron chi connectivity index (χ1n) is 39.4. The second-order valence-corrected chi connectivity index (χ2v) is 33.4. The third kappa shape index (κ3) is 20.8. The molecular weight excluding hydrogens is 1510 g/mol. The first-order chi connectivity index (χ1) is 55.2. The Labute approximate surface area is 677 Å². The summed E-state index contributed by atoms with van der Waals surface area (Å²) >= 11 is 10.7. The van der Waals surface area contributed by atoms with Gasteiger partial charge in [0.25, 0.3) is 17.7 Å². The van der Waals surface area contributed by atoms with E-state index in [4.69, 9.17) is 46.3 Å². The Bertz CT molecular complexity index is 4780. The van der Waals surface area contributed by atoms with E-state index in [9.17, 15) is 38.4 Å². The lowest BCUT2D eigenvalue weighted by molar-refractivity contribution is -0.128. The van der Waals surface area contributed by atoms with E-state index < -0.39 is 48.2 Å². The van der Waals surface area contributed by atoms with Crippen molar-refractivity contribution < 1.29 is 57.3 Å². The number of likely N-dealkylation sites (N-methyl/N-ethyl adjacent to an activating group) is 2. The van der Waals surface area contributed by atoms with Crippen molar-refractivity contribution >= 4 is 133 Å². The molecule has 3 fully saturated rings. The van der Waals surface area contributed by atoms with Crippen LogP contribution in [0.15, 0.2) is 121 Å². The molecule has 2 saturated heterocycles. The largest absolute Gasteiger partial charge is 0.492 e. The number of benzene rings is 6. The number of carbonyl (C=O) groups is 8. The highest BCUT2D eigenvalue weighted by Crippen LogP contribution is 2.47. The maximum atomic E-state index is 15.0. The summed E-state index contributed by atoms with van der Waals surface area (Å²) in [7, 11) is 5.56. The zero-order valence-electron chi connectivity index (χ0n) is 65.1. The summed E-state index contributed by atoms with van der Waals surface area (Å²) in [5.74, 6) is 0.446. The van der Waals surface area contributed by atoms with Gasteiger partial charge in [-0.3, -0.25) is 28.9 Å². The average molecular weight is 1610 g/mol. The number of nitrogens with two attached hydrogens (primary N) is 1. The van der Waals surface area contributed by atoms with E-state index in [0.717, 1.165) is 45.9 Å². The van der Waals surface area contributed by atoms with Gasteiger partial charge in [-0.15, -0.1) is 11.6 Å². The molecule has 114 heavy (non-hydrogen) atoms. The minimum absolute atomic E-state index is 0.0710. The highest BCUT2D eigenvalue weighted by atomic mass is 35.5. The summed E-state index contributed by atoms with van der Waals surface area (Å²) in [4.78, 5) is 133. The summed E-state index contributed by atoms with van der Waals surface area (Å²) in [5.41, 5.74) is 13.7. The van der Waals surface area contributed by atoms with Crippen molar-refractivity contribution in [1.82, 2.24) is 55.8 Å². The number of anilines is 3. The summed E-state index contributed by atoms with van der Waals surface area (Å²) in [6.45, 7) is 8.63. The van der Waals surface area contributed by atoms with Gasteiger partial charge in [-0.25, -0.2) is 24.4 Å². The lowest BCUT2D eigenvalue weighted by Crippen LogP contribution is -2.54. The van der Waals surface area contributed by atoms with Gasteiger partial charge in [0.05, 0.1) is 53.4 Å². The Morgan fingerprint density at radius 3 is 2.18 bits per heavy atom. The second-order valence-electron chi connectivity index (χ2n) is 30.6. The van der Waals surface area contributed by atoms with Gasteiger partial charge in [0.1, 0.15) is 36.4 Å². The number of alkyl halides is 1. The van der Waals surface area contributed by atoms with Gasteiger partial charge in [-0.05, 0) is 154 Å². The molecule has 1 saturated carbocycles. The number of halogens is 1. The van der Waals surface area contributed by atoms with Gasteiger partial charge in [-0.2, -0.15) is 23.5 Å². The number of primary amides is 1. The van der Waals surface area contributed by atoms with Crippen LogP contribution in [-0.4, -0.2) is 223 Å². The Morgan fingerprint density at radius 2 is 1.46 bits per heavy atom. The second kappa shape index (κ2) is 38.6. The molecule has 9 amide bonds. The minimum atomic E-state index is -1.03. The molecule has 0 spiro atoms. The minimum Gasteiger partial charge on any atom is -0.492 e. The number of carbonyl (C=O) groups excluding carboxylic acids is 8. The van der Waals surface area contributed by atoms with Crippen LogP contribution in [0.25, 0.3) is 32.7 Å². The molecule has 30 heteroatoms. The normalized spacial score (nSPS) is 19.0. The van der Waals surface area contributed by atoms with Crippen LogP contribution in [0.1, 0.15) is 131 Å².